The van der Waals surface area contributed by atoms with E-state index < -0.39 is 4.92 Å². The number of halogens is 1. The van der Waals surface area contributed by atoms with Gasteiger partial charge < -0.3 is 10.1 Å². The molecule has 0 saturated heterocycles. The third-order valence-electron chi connectivity index (χ3n) is 1.78. The minimum Gasteiger partial charge on any atom is -0.385 e. The van der Waals surface area contributed by atoms with Crippen LogP contribution in [0.4, 0.5) is 11.5 Å². The third-order valence-corrected chi connectivity index (χ3v) is 2.05. The van der Waals surface area contributed by atoms with Crippen molar-refractivity contribution in [1.82, 2.24) is 9.97 Å². The average Bonchev–Trinajstić information content (AvgIpc) is 2.24. The first-order valence-corrected chi connectivity index (χ1v) is 4.92. The van der Waals surface area contributed by atoms with E-state index in [0.717, 1.165) is 6.42 Å². The number of nitrogens with zero attached hydrogens (tertiary/aromatic N) is 3. The topological polar surface area (TPSA) is 90.2 Å². The van der Waals surface area contributed by atoms with E-state index in [2.05, 4.69) is 15.3 Å². The van der Waals surface area contributed by atoms with Gasteiger partial charge in [-0.1, -0.05) is 11.6 Å². The van der Waals surface area contributed by atoms with Crippen LogP contribution < -0.4 is 5.32 Å². The molecule has 0 bridgehead atoms. The van der Waals surface area contributed by atoms with Crippen molar-refractivity contribution < 1.29 is 9.66 Å². The van der Waals surface area contributed by atoms with Gasteiger partial charge in [-0.15, -0.1) is 0 Å². The van der Waals surface area contributed by atoms with Crippen LogP contribution in [-0.4, -0.2) is 35.2 Å². The number of nitrogens with one attached hydrogen (secondary N) is 1. The molecule has 0 aliphatic heterocycles. The molecular weight excluding hydrogens is 236 g/mol. The van der Waals surface area contributed by atoms with Crippen LogP contribution in [0.3, 0.4) is 0 Å². The first kappa shape index (κ1) is 12.6. The van der Waals surface area contributed by atoms with Crippen LogP contribution in [0.15, 0.2) is 6.33 Å². The summed E-state index contributed by atoms with van der Waals surface area (Å²) in [7, 11) is 1.59. The Labute approximate surface area is 97.0 Å². The van der Waals surface area contributed by atoms with E-state index >= 15 is 0 Å². The monoisotopic (exact) mass is 246 g/mol. The predicted molar refractivity (Wildman–Crippen MR) is 58.7 cm³/mol. The molecule has 0 aliphatic carbocycles. The molecule has 0 fully saturated rings. The fourth-order valence-electron chi connectivity index (χ4n) is 1.07. The van der Waals surface area contributed by atoms with Gasteiger partial charge >= 0.3 is 5.69 Å². The normalized spacial score (nSPS) is 10.1. The molecule has 0 aromatic carbocycles. The summed E-state index contributed by atoms with van der Waals surface area (Å²) in [5.41, 5.74) is -0.304. The lowest BCUT2D eigenvalue weighted by molar-refractivity contribution is -0.384. The Kier molecular flexibility index (Phi) is 4.87. The molecule has 1 N–H and O–H groups in total. The molecule has 0 spiro atoms. The molecule has 8 heteroatoms. The number of anilines is 1. The summed E-state index contributed by atoms with van der Waals surface area (Å²) in [6.45, 7) is 1.08. The molecule has 0 saturated carbocycles. The molecule has 0 atom stereocenters. The van der Waals surface area contributed by atoms with E-state index in [1.807, 2.05) is 0 Å². The van der Waals surface area contributed by atoms with Crippen molar-refractivity contribution in [1.29, 1.82) is 0 Å². The first-order chi connectivity index (χ1) is 7.66. The molecule has 0 unspecified atom stereocenters. The minimum absolute atomic E-state index is 0.126. The summed E-state index contributed by atoms with van der Waals surface area (Å²) in [5.74, 6) is 0.126. The van der Waals surface area contributed by atoms with Gasteiger partial charge in [-0.05, 0) is 6.42 Å². The quantitative estimate of drug-likeness (QED) is 0.354. The molecule has 1 aromatic rings. The summed E-state index contributed by atoms with van der Waals surface area (Å²) in [4.78, 5) is 17.4. The second kappa shape index (κ2) is 6.19. The largest absolute Gasteiger partial charge is 0.385 e. The van der Waals surface area contributed by atoms with Crippen LogP contribution in [0.1, 0.15) is 6.42 Å². The van der Waals surface area contributed by atoms with Crippen LogP contribution >= 0.6 is 11.6 Å². The molecular formula is C8H11ClN4O3. The summed E-state index contributed by atoms with van der Waals surface area (Å²) < 4.78 is 4.85. The van der Waals surface area contributed by atoms with E-state index in [-0.39, 0.29) is 16.7 Å². The maximum absolute atomic E-state index is 10.7. The Morgan fingerprint density at radius 1 is 1.62 bits per heavy atom. The van der Waals surface area contributed by atoms with E-state index in [1.54, 1.807) is 7.11 Å². The second-order valence-corrected chi connectivity index (χ2v) is 3.25. The van der Waals surface area contributed by atoms with Gasteiger partial charge in [-0.2, -0.15) is 0 Å². The molecule has 0 amide bonds. The molecule has 1 aromatic heterocycles. The van der Waals surface area contributed by atoms with Crippen molar-refractivity contribution in [3.63, 3.8) is 0 Å². The molecule has 0 aliphatic rings. The van der Waals surface area contributed by atoms with Crippen LogP contribution in [0, 0.1) is 10.1 Å². The zero-order valence-electron chi connectivity index (χ0n) is 8.64. The number of nitro groups is 1. The van der Waals surface area contributed by atoms with Crippen molar-refractivity contribution in [2.24, 2.45) is 0 Å². The van der Waals surface area contributed by atoms with Gasteiger partial charge in [0.25, 0.3) is 0 Å². The van der Waals surface area contributed by atoms with Gasteiger partial charge in [0.15, 0.2) is 0 Å². The number of ether oxygens (including phenoxy) is 1. The van der Waals surface area contributed by atoms with Crippen LogP contribution in [0.5, 0.6) is 0 Å². The second-order valence-electron chi connectivity index (χ2n) is 2.89. The van der Waals surface area contributed by atoms with Crippen molar-refractivity contribution in [2.75, 3.05) is 25.6 Å². The van der Waals surface area contributed by atoms with E-state index in [4.69, 9.17) is 16.3 Å². The molecule has 1 rings (SSSR count). The van der Waals surface area contributed by atoms with Gasteiger partial charge in [-0.3, -0.25) is 10.1 Å². The van der Waals surface area contributed by atoms with Gasteiger partial charge in [0, 0.05) is 20.3 Å². The maximum atomic E-state index is 10.7. The Bertz CT molecular complexity index is 374. The van der Waals surface area contributed by atoms with Gasteiger partial charge in [0.1, 0.15) is 6.33 Å². The summed E-state index contributed by atoms with van der Waals surface area (Å²) >= 11 is 5.61. The highest BCUT2D eigenvalue weighted by atomic mass is 35.5. The van der Waals surface area contributed by atoms with Crippen molar-refractivity contribution in [3.05, 3.63) is 21.6 Å². The summed E-state index contributed by atoms with van der Waals surface area (Å²) in [6.07, 6.45) is 1.89. The lowest BCUT2D eigenvalue weighted by Crippen LogP contribution is -2.08. The average molecular weight is 247 g/mol. The summed E-state index contributed by atoms with van der Waals surface area (Å²) in [5, 5.41) is 13.3. The minimum atomic E-state index is -0.610. The predicted octanol–water partition coefficient (Wildman–Crippen LogP) is 1.49. The van der Waals surface area contributed by atoms with Crippen LogP contribution in [0.2, 0.25) is 5.15 Å². The lowest BCUT2D eigenvalue weighted by Gasteiger charge is -2.05. The van der Waals surface area contributed by atoms with Gasteiger partial charge in [0.05, 0.1) is 4.92 Å². The van der Waals surface area contributed by atoms with Crippen molar-refractivity contribution in [3.8, 4) is 0 Å². The van der Waals surface area contributed by atoms with Gasteiger partial charge in [-0.25, -0.2) is 9.97 Å². The number of methoxy groups -OCH3 is 1. The highest BCUT2D eigenvalue weighted by molar-refractivity contribution is 6.31. The Morgan fingerprint density at radius 2 is 2.38 bits per heavy atom. The van der Waals surface area contributed by atoms with E-state index in [0.29, 0.717) is 13.2 Å². The Morgan fingerprint density at radius 3 is 3.00 bits per heavy atom. The van der Waals surface area contributed by atoms with E-state index in [9.17, 15) is 10.1 Å². The number of hydrogen-bond acceptors (Lipinski definition) is 6. The Hall–Kier alpha value is -1.47. The van der Waals surface area contributed by atoms with Crippen LogP contribution in [-0.2, 0) is 4.74 Å². The molecule has 1 heterocycles. The smallest absolute Gasteiger partial charge is 0.348 e. The third kappa shape index (κ3) is 3.28. The van der Waals surface area contributed by atoms with Gasteiger partial charge in [0.2, 0.25) is 11.0 Å². The first-order valence-electron chi connectivity index (χ1n) is 4.54. The summed E-state index contributed by atoms with van der Waals surface area (Å²) in [6, 6.07) is 0. The van der Waals surface area contributed by atoms with Crippen molar-refractivity contribution in [2.45, 2.75) is 6.42 Å². The number of hydrogen-bond donors (Lipinski definition) is 1. The highest BCUT2D eigenvalue weighted by Crippen LogP contribution is 2.27. The van der Waals surface area contributed by atoms with E-state index in [1.165, 1.54) is 6.33 Å². The molecule has 7 nitrogen and oxygen atoms in total. The SMILES string of the molecule is COCCCNc1ncnc(Cl)c1[N+](=O)[O-]. The maximum Gasteiger partial charge on any atom is 0.348 e. The zero-order chi connectivity index (χ0) is 12.0. The standard InChI is InChI=1S/C8H11ClN4O3/c1-16-4-2-3-10-8-6(13(14)15)7(9)11-5-12-8/h5H,2-4H2,1H3,(H,10,11,12). The molecule has 88 valence electrons. The zero-order valence-corrected chi connectivity index (χ0v) is 9.40. The van der Waals surface area contributed by atoms with Crippen LogP contribution in [0.25, 0.3) is 0 Å². The fraction of sp³-hybridized carbons (Fsp3) is 0.500. The molecule has 0 radical (unpaired) electrons. The molecule has 16 heavy (non-hydrogen) atoms. The Balaban J connectivity index is 2.71. The number of rotatable bonds is 6. The number of aromatic nitrogens is 2. The fourth-order valence-corrected chi connectivity index (χ4v) is 1.27. The lowest BCUT2D eigenvalue weighted by atomic mass is 10.4. The highest BCUT2D eigenvalue weighted by Gasteiger charge is 2.20. The van der Waals surface area contributed by atoms with Crippen molar-refractivity contribution >= 4 is 23.1 Å².